The molecule has 2 heterocycles. The molecule has 1 atom stereocenters. The lowest BCUT2D eigenvalue weighted by Crippen LogP contribution is -2.21. The van der Waals surface area contributed by atoms with Gasteiger partial charge in [0, 0.05) is 23.5 Å². The zero-order valence-corrected chi connectivity index (χ0v) is 11.1. The Morgan fingerprint density at radius 1 is 1.00 bits per heavy atom. The molecule has 0 aliphatic carbocycles. The summed E-state index contributed by atoms with van der Waals surface area (Å²) in [5.41, 5.74) is 4.10. The first-order chi connectivity index (χ1) is 9.77. The smallest absolute Gasteiger partial charge is 0.269 e. The average Bonchev–Trinajstić information content (AvgIpc) is 2.98. The van der Waals surface area contributed by atoms with Gasteiger partial charge in [-0.2, -0.15) is 0 Å². The van der Waals surface area contributed by atoms with E-state index >= 15 is 0 Å². The topological polar surface area (TPSA) is 34.0 Å². The maximum absolute atomic E-state index is 12.3. The van der Waals surface area contributed by atoms with E-state index in [1.165, 1.54) is 0 Å². The Kier molecular flexibility index (Phi) is 2.24. The minimum Gasteiger partial charge on any atom is -0.340 e. The zero-order chi connectivity index (χ0) is 13.7. The summed E-state index contributed by atoms with van der Waals surface area (Å²) >= 11 is 0. The van der Waals surface area contributed by atoms with E-state index in [1.54, 1.807) is 0 Å². The minimum absolute atomic E-state index is 0.00699. The average molecular weight is 262 g/mol. The van der Waals surface area contributed by atoms with Gasteiger partial charge in [0.1, 0.15) is 5.69 Å². The van der Waals surface area contributed by atoms with E-state index in [-0.39, 0.29) is 11.9 Å². The van der Waals surface area contributed by atoms with Crippen molar-refractivity contribution in [3.05, 3.63) is 71.4 Å². The SMILES string of the molecule is Cn1c2c(c3ccccc31)C(c1ccccc1)NC2=O. The van der Waals surface area contributed by atoms with E-state index in [9.17, 15) is 4.79 Å². The molecular formula is C17H14N2O. The van der Waals surface area contributed by atoms with Crippen LogP contribution in [0.15, 0.2) is 54.6 Å². The quantitative estimate of drug-likeness (QED) is 0.718. The lowest BCUT2D eigenvalue weighted by Gasteiger charge is -2.12. The third kappa shape index (κ3) is 1.37. The molecule has 1 aliphatic rings. The number of aromatic nitrogens is 1. The summed E-state index contributed by atoms with van der Waals surface area (Å²) in [6.07, 6.45) is 0. The number of hydrogen-bond donors (Lipinski definition) is 1. The Morgan fingerprint density at radius 2 is 1.70 bits per heavy atom. The summed E-state index contributed by atoms with van der Waals surface area (Å²) in [6.45, 7) is 0. The van der Waals surface area contributed by atoms with Crippen molar-refractivity contribution in [2.24, 2.45) is 7.05 Å². The molecule has 0 spiro atoms. The second-order valence-electron chi connectivity index (χ2n) is 5.16. The van der Waals surface area contributed by atoms with Gasteiger partial charge in [0.05, 0.1) is 6.04 Å². The summed E-state index contributed by atoms with van der Waals surface area (Å²) in [5.74, 6) is 0.00699. The van der Waals surface area contributed by atoms with Crippen LogP contribution in [-0.4, -0.2) is 10.5 Å². The highest BCUT2D eigenvalue weighted by atomic mass is 16.2. The highest BCUT2D eigenvalue weighted by molar-refractivity contribution is 6.06. The van der Waals surface area contributed by atoms with Crippen LogP contribution < -0.4 is 5.32 Å². The van der Waals surface area contributed by atoms with Gasteiger partial charge in [-0.15, -0.1) is 0 Å². The molecule has 20 heavy (non-hydrogen) atoms. The molecule has 1 aromatic heterocycles. The number of amides is 1. The maximum atomic E-state index is 12.3. The molecule has 3 aromatic rings. The van der Waals surface area contributed by atoms with Crippen LogP contribution in [0.25, 0.3) is 10.9 Å². The first-order valence-corrected chi connectivity index (χ1v) is 6.70. The Bertz CT molecular complexity index is 818. The fraction of sp³-hybridized carbons (Fsp3) is 0.118. The lowest BCUT2D eigenvalue weighted by atomic mass is 9.99. The molecule has 1 unspecified atom stereocenters. The molecule has 0 radical (unpaired) electrons. The number of para-hydroxylation sites is 1. The fourth-order valence-electron chi connectivity index (χ4n) is 3.16. The van der Waals surface area contributed by atoms with Crippen LogP contribution in [0.5, 0.6) is 0 Å². The van der Waals surface area contributed by atoms with E-state index in [2.05, 4.69) is 29.6 Å². The minimum atomic E-state index is -0.0511. The van der Waals surface area contributed by atoms with Gasteiger partial charge in [0.15, 0.2) is 0 Å². The molecular weight excluding hydrogens is 248 g/mol. The Hall–Kier alpha value is -2.55. The van der Waals surface area contributed by atoms with Gasteiger partial charge in [-0.1, -0.05) is 48.5 Å². The second kappa shape index (κ2) is 3.97. The van der Waals surface area contributed by atoms with Crippen molar-refractivity contribution in [2.75, 3.05) is 0 Å². The van der Waals surface area contributed by atoms with Gasteiger partial charge in [0.25, 0.3) is 5.91 Å². The van der Waals surface area contributed by atoms with Crippen LogP contribution in [-0.2, 0) is 7.05 Å². The Balaban J connectivity index is 2.03. The third-order valence-corrected chi connectivity index (χ3v) is 4.06. The number of aryl methyl sites for hydroxylation is 1. The highest BCUT2D eigenvalue weighted by Crippen LogP contribution is 2.37. The van der Waals surface area contributed by atoms with Gasteiger partial charge in [-0.3, -0.25) is 4.79 Å². The van der Waals surface area contributed by atoms with Crippen LogP contribution in [0.2, 0.25) is 0 Å². The second-order valence-corrected chi connectivity index (χ2v) is 5.16. The summed E-state index contributed by atoms with van der Waals surface area (Å²) in [5, 5.41) is 4.24. The predicted molar refractivity (Wildman–Crippen MR) is 78.7 cm³/mol. The first-order valence-electron chi connectivity index (χ1n) is 6.70. The summed E-state index contributed by atoms with van der Waals surface area (Å²) in [7, 11) is 1.95. The van der Waals surface area contributed by atoms with E-state index < -0.39 is 0 Å². The van der Waals surface area contributed by atoms with E-state index in [0.717, 1.165) is 27.7 Å². The molecule has 2 aromatic carbocycles. The molecule has 0 bridgehead atoms. The van der Waals surface area contributed by atoms with Crippen molar-refractivity contribution >= 4 is 16.8 Å². The van der Waals surface area contributed by atoms with Crippen molar-refractivity contribution in [1.29, 1.82) is 0 Å². The number of nitrogens with one attached hydrogen (secondary N) is 1. The largest absolute Gasteiger partial charge is 0.340 e. The summed E-state index contributed by atoms with van der Waals surface area (Å²) in [4.78, 5) is 12.3. The molecule has 0 saturated carbocycles. The normalized spacial score (nSPS) is 17.2. The van der Waals surface area contributed by atoms with Crippen LogP contribution in [0.4, 0.5) is 0 Å². The Labute approximate surface area is 116 Å². The van der Waals surface area contributed by atoms with Crippen molar-refractivity contribution in [3.8, 4) is 0 Å². The number of hydrogen-bond acceptors (Lipinski definition) is 1. The van der Waals surface area contributed by atoms with E-state index in [1.807, 2.05) is 41.9 Å². The zero-order valence-electron chi connectivity index (χ0n) is 11.1. The number of carbonyl (C=O) groups is 1. The molecule has 98 valence electrons. The third-order valence-electron chi connectivity index (χ3n) is 4.06. The van der Waals surface area contributed by atoms with Crippen LogP contribution >= 0.6 is 0 Å². The van der Waals surface area contributed by atoms with Gasteiger partial charge in [-0.05, 0) is 11.6 Å². The molecule has 0 fully saturated rings. The monoisotopic (exact) mass is 262 g/mol. The molecule has 4 rings (SSSR count). The van der Waals surface area contributed by atoms with Crippen LogP contribution in [0.3, 0.4) is 0 Å². The first kappa shape index (κ1) is 11.3. The predicted octanol–water partition coefficient (Wildman–Crippen LogP) is 3.01. The molecule has 1 amide bonds. The van der Waals surface area contributed by atoms with Gasteiger partial charge >= 0.3 is 0 Å². The van der Waals surface area contributed by atoms with Crippen molar-refractivity contribution in [1.82, 2.24) is 9.88 Å². The molecule has 1 aliphatic heterocycles. The van der Waals surface area contributed by atoms with Gasteiger partial charge in [0.2, 0.25) is 0 Å². The highest BCUT2D eigenvalue weighted by Gasteiger charge is 2.34. The van der Waals surface area contributed by atoms with Crippen molar-refractivity contribution in [3.63, 3.8) is 0 Å². The van der Waals surface area contributed by atoms with E-state index in [0.29, 0.717) is 0 Å². The number of fused-ring (bicyclic) bond motifs is 3. The molecule has 3 nitrogen and oxygen atoms in total. The van der Waals surface area contributed by atoms with Gasteiger partial charge in [-0.25, -0.2) is 0 Å². The van der Waals surface area contributed by atoms with Gasteiger partial charge < -0.3 is 9.88 Å². The number of rotatable bonds is 1. The van der Waals surface area contributed by atoms with E-state index in [4.69, 9.17) is 0 Å². The number of nitrogens with zero attached hydrogens (tertiary/aromatic N) is 1. The number of benzene rings is 2. The number of carbonyl (C=O) groups excluding carboxylic acids is 1. The molecule has 3 heteroatoms. The summed E-state index contributed by atoms with van der Waals surface area (Å²) in [6, 6.07) is 18.2. The fourth-order valence-corrected chi connectivity index (χ4v) is 3.16. The maximum Gasteiger partial charge on any atom is 0.269 e. The van der Waals surface area contributed by atoms with Crippen molar-refractivity contribution in [2.45, 2.75) is 6.04 Å². The summed E-state index contributed by atoms with van der Waals surface area (Å²) < 4.78 is 1.99. The molecule has 1 N–H and O–H groups in total. The van der Waals surface area contributed by atoms with Crippen molar-refractivity contribution < 1.29 is 4.79 Å². The molecule has 0 saturated heterocycles. The van der Waals surface area contributed by atoms with Crippen LogP contribution in [0, 0.1) is 0 Å². The van der Waals surface area contributed by atoms with Crippen LogP contribution in [0.1, 0.15) is 27.7 Å². The lowest BCUT2D eigenvalue weighted by molar-refractivity contribution is 0.0953. The standard InChI is InChI=1S/C17H14N2O/c1-19-13-10-6-5-9-12(13)14-15(18-17(20)16(14)19)11-7-3-2-4-8-11/h2-10,15H,1H3,(H,18,20). The Morgan fingerprint density at radius 3 is 2.50 bits per heavy atom.